The number of hydrogen-bond donors (Lipinski definition) is 0. The molecule has 1 aromatic carbocycles. The van der Waals surface area contributed by atoms with Crippen molar-refractivity contribution in [3.05, 3.63) is 35.6 Å². The van der Waals surface area contributed by atoms with Crippen LogP contribution in [0, 0.1) is 5.82 Å². The number of halogens is 2. The van der Waals surface area contributed by atoms with E-state index in [0.717, 1.165) is 24.0 Å². The minimum absolute atomic E-state index is 0.166. The summed E-state index contributed by atoms with van der Waals surface area (Å²) in [7, 11) is 2.09. The molecule has 1 nitrogen and oxygen atoms in total. The third-order valence-electron chi connectivity index (χ3n) is 2.29. The van der Waals surface area contributed by atoms with Crippen molar-refractivity contribution >= 4 is 15.9 Å². The lowest BCUT2D eigenvalue weighted by Crippen LogP contribution is -2.19. The molecule has 0 aliphatic rings. The lowest BCUT2D eigenvalue weighted by atomic mass is 10.2. The normalized spacial score (nSPS) is 10.9. The van der Waals surface area contributed by atoms with Gasteiger partial charge >= 0.3 is 0 Å². The molecule has 0 amide bonds. The molecule has 3 heteroatoms. The number of benzene rings is 1. The van der Waals surface area contributed by atoms with E-state index in [1.165, 1.54) is 25.0 Å². The first-order valence-corrected chi connectivity index (χ1v) is 6.33. The fourth-order valence-electron chi connectivity index (χ4n) is 1.46. The fraction of sp³-hybridized carbons (Fsp3) is 0.500. The molecule has 0 spiro atoms. The summed E-state index contributed by atoms with van der Waals surface area (Å²) in [5, 5.41) is 1.07. The highest BCUT2D eigenvalue weighted by Crippen LogP contribution is 2.06. The molecule has 0 saturated carbocycles. The topological polar surface area (TPSA) is 3.24 Å². The first-order valence-electron chi connectivity index (χ1n) is 5.21. The van der Waals surface area contributed by atoms with E-state index < -0.39 is 0 Å². The van der Waals surface area contributed by atoms with Gasteiger partial charge in [-0.3, -0.25) is 0 Å². The summed E-state index contributed by atoms with van der Waals surface area (Å²) in [6.45, 7) is 1.98. The van der Waals surface area contributed by atoms with Gasteiger partial charge in [-0.05, 0) is 44.1 Å². The maximum Gasteiger partial charge on any atom is 0.123 e. The van der Waals surface area contributed by atoms with Crippen LogP contribution in [0.1, 0.15) is 18.4 Å². The highest BCUT2D eigenvalue weighted by Gasteiger charge is 2.00. The fourth-order valence-corrected chi connectivity index (χ4v) is 1.85. The van der Waals surface area contributed by atoms with Crippen LogP contribution in [0.4, 0.5) is 4.39 Å². The second-order valence-electron chi connectivity index (χ2n) is 3.76. The quantitative estimate of drug-likeness (QED) is 0.567. The molecule has 0 fully saturated rings. The van der Waals surface area contributed by atoms with Crippen LogP contribution in [-0.2, 0) is 6.54 Å². The Kier molecular flexibility index (Phi) is 5.88. The molecule has 0 aromatic heterocycles. The molecule has 0 bridgehead atoms. The van der Waals surface area contributed by atoms with Crippen molar-refractivity contribution < 1.29 is 4.39 Å². The van der Waals surface area contributed by atoms with Crippen LogP contribution < -0.4 is 0 Å². The van der Waals surface area contributed by atoms with Gasteiger partial charge in [0.15, 0.2) is 0 Å². The SMILES string of the molecule is CN(CCCCBr)Cc1ccc(F)cc1. The molecule has 0 atom stereocenters. The average Bonchev–Trinajstić information content (AvgIpc) is 2.22. The van der Waals surface area contributed by atoms with E-state index >= 15 is 0 Å². The summed E-state index contributed by atoms with van der Waals surface area (Å²) < 4.78 is 12.7. The maximum absolute atomic E-state index is 12.7. The van der Waals surface area contributed by atoms with Gasteiger partial charge in [-0.15, -0.1) is 0 Å². The lowest BCUT2D eigenvalue weighted by Gasteiger charge is -2.16. The predicted molar refractivity (Wildman–Crippen MR) is 65.8 cm³/mol. The third-order valence-corrected chi connectivity index (χ3v) is 2.85. The first kappa shape index (κ1) is 12.7. The molecule has 0 N–H and O–H groups in total. The number of nitrogens with zero attached hydrogens (tertiary/aromatic N) is 1. The zero-order valence-electron chi connectivity index (χ0n) is 9.05. The smallest absolute Gasteiger partial charge is 0.123 e. The predicted octanol–water partition coefficient (Wildman–Crippen LogP) is 3.43. The molecule has 15 heavy (non-hydrogen) atoms. The molecule has 0 radical (unpaired) electrons. The Morgan fingerprint density at radius 3 is 2.47 bits per heavy atom. The number of unbranched alkanes of at least 4 members (excludes halogenated alkanes) is 1. The molecule has 0 saturated heterocycles. The van der Waals surface area contributed by atoms with E-state index in [1.807, 2.05) is 12.1 Å². The summed E-state index contributed by atoms with van der Waals surface area (Å²) in [5.41, 5.74) is 1.16. The second-order valence-corrected chi connectivity index (χ2v) is 4.55. The van der Waals surface area contributed by atoms with E-state index in [9.17, 15) is 4.39 Å². The van der Waals surface area contributed by atoms with Crippen LogP contribution in [0.2, 0.25) is 0 Å². The number of rotatable bonds is 6. The van der Waals surface area contributed by atoms with Gasteiger partial charge in [0.05, 0.1) is 0 Å². The number of hydrogen-bond acceptors (Lipinski definition) is 1. The highest BCUT2D eigenvalue weighted by atomic mass is 79.9. The zero-order valence-corrected chi connectivity index (χ0v) is 10.6. The van der Waals surface area contributed by atoms with Crippen molar-refractivity contribution in [2.24, 2.45) is 0 Å². The molecule has 0 aliphatic carbocycles. The summed E-state index contributed by atoms with van der Waals surface area (Å²) >= 11 is 3.41. The number of alkyl halides is 1. The van der Waals surface area contributed by atoms with Gasteiger partial charge in [-0.2, -0.15) is 0 Å². The van der Waals surface area contributed by atoms with Gasteiger partial charge in [0.1, 0.15) is 5.82 Å². The summed E-state index contributed by atoms with van der Waals surface area (Å²) in [5.74, 6) is -0.166. The minimum Gasteiger partial charge on any atom is -0.302 e. The van der Waals surface area contributed by atoms with Crippen LogP contribution in [0.3, 0.4) is 0 Å². The van der Waals surface area contributed by atoms with E-state index in [2.05, 4.69) is 27.9 Å². The Balaban J connectivity index is 2.31. The van der Waals surface area contributed by atoms with Crippen molar-refractivity contribution in [2.45, 2.75) is 19.4 Å². The summed E-state index contributed by atoms with van der Waals surface area (Å²) in [6, 6.07) is 6.72. The van der Waals surface area contributed by atoms with Crippen LogP contribution >= 0.6 is 15.9 Å². The van der Waals surface area contributed by atoms with Crippen LogP contribution in [-0.4, -0.2) is 23.8 Å². The van der Waals surface area contributed by atoms with E-state index in [4.69, 9.17) is 0 Å². The Labute approximate surface area is 99.4 Å². The van der Waals surface area contributed by atoms with E-state index in [0.29, 0.717) is 0 Å². The van der Waals surface area contributed by atoms with Crippen molar-refractivity contribution in [3.63, 3.8) is 0 Å². The molecule has 1 aromatic rings. The van der Waals surface area contributed by atoms with Crippen molar-refractivity contribution in [3.8, 4) is 0 Å². The van der Waals surface area contributed by atoms with Crippen molar-refractivity contribution in [1.82, 2.24) is 4.90 Å². The van der Waals surface area contributed by atoms with Crippen LogP contribution in [0.25, 0.3) is 0 Å². The van der Waals surface area contributed by atoms with E-state index in [1.54, 1.807) is 0 Å². The Morgan fingerprint density at radius 1 is 1.20 bits per heavy atom. The van der Waals surface area contributed by atoms with Crippen molar-refractivity contribution in [2.75, 3.05) is 18.9 Å². The first-order chi connectivity index (χ1) is 7.22. The average molecular weight is 274 g/mol. The van der Waals surface area contributed by atoms with Gasteiger partial charge in [-0.1, -0.05) is 28.1 Å². The molecule has 84 valence electrons. The van der Waals surface area contributed by atoms with Gasteiger partial charge in [-0.25, -0.2) is 4.39 Å². The van der Waals surface area contributed by atoms with Gasteiger partial charge in [0, 0.05) is 11.9 Å². The van der Waals surface area contributed by atoms with Crippen LogP contribution in [0.15, 0.2) is 24.3 Å². The molecule has 0 unspecified atom stereocenters. The standard InChI is InChI=1S/C12H17BrFN/c1-15(9-3-2-8-13)10-11-4-6-12(14)7-5-11/h4-7H,2-3,8-10H2,1H3. The molecule has 0 aliphatic heterocycles. The third kappa shape index (κ3) is 5.28. The Morgan fingerprint density at radius 2 is 1.87 bits per heavy atom. The molecular formula is C12H17BrFN. The van der Waals surface area contributed by atoms with Crippen LogP contribution in [0.5, 0.6) is 0 Å². The maximum atomic E-state index is 12.7. The van der Waals surface area contributed by atoms with Gasteiger partial charge in [0.25, 0.3) is 0 Å². The van der Waals surface area contributed by atoms with Crippen molar-refractivity contribution in [1.29, 1.82) is 0 Å². The lowest BCUT2D eigenvalue weighted by molar-refractivity contribution is 0.321. The van der Waals surface area contributed by atoms with Gasteiger partial charge < -0.3 is 4.90 Å². The molecular weight excluding hydrogens is 257 g/mol. The zero-order chi connectivity index (χ0) is 11.1. The Hall–Kier alpha value is -0.410. The monoisotopic (exact) mass is 273 g/mol. The highest BCUT2D eigenvalue weighted by molar-refractivity contribution is 9.09. The second kappa shape index (κ2) is 6.96. The largest absolute Gasteiger partial charge is 0.302 e. The minimum atomic E-state index is -0.166. The summed E-state index contributed by atoms with van der Waals surface area (Å²) in [6.07, 6.45) is 2.40. The molecule has 1 rings (SSSR count). The summed E-state index contributed by atoms with van der Waals surface area (Å²) in [4.78, 5) is 2.26. The molecule has 0 heterocycles. The Bertz CT molecular complexity index is 273. The van der Waals surface area contributed by atoms with E-state index in [-0.39, 0.29) is 5.82 Å². The van der Waals surface area contributed by atoms with Gasteiger partial charge in [0.2, 0.25) is 0 Å².